The van der Waals surface area contributed by atoms with Crippen LogP contribution in [0.5, 0.6) is 0 Å². The molecule has 1 aromatic heterocycles. The maximum atomic E-state index is 12.5. The maximum Gasteiger partial charge on any atom is 0.401 e. The van der Waals surface area contributed by atoms with Crippen molar-refractivity contribution in [3.8, 4) is 0 Å². The molecule has 0 saturated carbocycles. The molecule has 0 atom stereocenters. The van der Waals surface area contributed by atoms with Crippen molar-refractivity contribution in [1.29, 1.82) is 0 Å². The van der Waals surface area contributed by atoms with Crippen LogP contribution in [0.25, 0.3) is 10.9 Å². The molecule has 0 fully saturated rings. The van der Waals surface area contributed by atoms with E-state index in [0.717, 1.165) is 10.3 Å². The van der Waals surface area contributed by atoms with Crippen LogP contribution in [-0.4, -0.2) is 40.9 Å². The van der Waals surface area contributed by atoms with Gasteiger partial charge >= 0.3 is 6.18 Å². The molecule has 1 N–H and O–H groups in total. The Morgan fingerprint density at radius 3 is 2.62 bits per heavy atom. The number of hydrogen-bond acceptors (Lipinski definition) is 3. The number of pyridine rings is 1. The Labute approximate surface area is 125 Å². The van der Waals surface area contributed by atoms with Crippen molar-refractivity contribution >= 4 is 22.5 Å². The minimum Gasteiger partial charge on any atom is -0.395 e. The van der Waals surface area contributed by atoms with Gasteiger partial charge in [0.25, 0.3) is 0 Å². The summed E-state index contributed by atoms with van der Waals surface area (Å²) >= 11 is 6.04. The fourth-order valence-corrected chi connectivity index (χ4v) is 2.30. The quantitative estimate of drug-likeness (QED) is 0.860. The van der Waals surface area contributed by atoms with Crippen molar-refractivity contribution in [2.75, 3.05) is 19.7 Å². The van der Waals surface area contributed by atoms with Crippen molar-refractivity contribution in [2.45, 2.75) is 12.7 Å². The summed E-state index contributed by atoms with van der Waals surface area (Å²) in [5, 5.41) is 9.89. The van der Waals surface area contributed by atoms with Gasteiger partial charge in [0.2, 0.25) is 0 Å². The van der Waals surface area contributed by atoms with Crippen molar-refractivity contribution in [1.82, 2.24) is 9.88 Å². The smallest absolute Gasteiger partial charge is 0.395 e. The first-order valence-electron chi connectivity index (χ1n) is 6.33. The van der Waals surface area contributed by atoms with Crippen LogP contribution in [0.1, 0.15) is 5.56 Å². The number of nitrogens with zero attached hydrogens (tertiary/aromatic N) is 2. The van der Waals surface area contributed by atoms with Crippen molar-refractivity contribution < 1.29 is 18.3 Å². The Morgan fingerprint density at radius 2 is 1.95 bits per heavy atom. The van der Waals surface area contributed by atoms with Gasteiger partial charge in [-0.05, 0) is 12.1 Å². The second kappa shape index (κ2) is 6.60. The Bertz CT molecular complexity index is 619. The Kier molecular flexibility index (Phi) is 5.03. The van der Waals surface area contributed by atoms with Crippen LogP contribution in [-0.2, 0) is 6.54 Å². The van der Waals surface area contributed by atoms with E-state index in [1.54, 1.807) is 12.1 Å². The molecule has 0 saturated heterocycles. The van der Waals surface area contributed by atoms with Gasteiger partial charge in [-0.2, -0.15) is 13.2 Å². The molecule has 0 bridgehead atoms. The van der Waals surface area contributed by atoms with Crippen LogP contribution in [0, 0.1) is 0 Å². The van der Waals surface area contributed by atoms with Crippen LogP contribution in [0.3, 0.4) is 0 Å². The number of hydrogen-bond donors (Lipinski definition) is 1. The highest BCUT2D eigenvalue weighted by Crippen LogP contribution is 2.23. The van der Waals surface area contributed by atoms with Gasteiger partial charge in [-0.15, -0.1) is 0 Å². The molecule has 7 heteroatoms. The van der Waals surface area contributed by atoms with Gasteiger partial charge in [-0.1, -0.05) is 29.8 Å². The molecule has 1 heterocycles. The molecule has 0 spiro atoms. The molecule has 0 amide bonds. The lowest BCUT2D eigenvalue weighted by Gasteiger charge is -2.23. The molecule has 1 aromatic carbocycles. The molecular weight excluding hydrogens is 305 g/mol. The third-order valence-electron chi connectivity index (χ3n) is 2.96. The Balaban J connectivity index is 2.25. The standard InChI is InChI=1S/C14H14ClF3N2O/c15-13-11(7-10-3-1-2-4-12(10)19-13)8-20(5-6-21)9-14(16,17)18/h1-4,7,21H,5-6,8-9H2. The van der Waals surface area contributed by atoms with Gasteiger partial charge in [0.05, 0.1) is 18.7 Å². The van der Waals surface area contributed by atoms with E-state index in [-0.39, 0.29) is 24.8 Å². The summed E-state index contributed by atoms with van der Waals surface area (Å²) in [5.74, 6) is 0. The highest BCUT2D eigenvalue weighted by molar-refractivity contribution is 6.30. The number of aliphatic hydroxyl groups is 1. The summed E-state index contributed by atoms with van der Waals surface area (Å²) in [6.07, 6.45) is -4.33. The third kappa shape index (κ3) is 4.56. The zero-order valence-corrected chi connectivity index (χ0v) is 11.8. The normalized spacial score (nSPS) is 12.3. The van der Waals surface area contributed by atoms with Crippen LogP contribution in [0.2, 0.25) is 5.15 Å². The molecule has 2 aromatic rings. The van der Waals surface area contributed by atoms with Crippen LogP contribution < -0.4 is 0 Å². The van der Waals surface area contributed by atoms with Crippen LogP contribution in [0.4, 0.5) is 13.2 Å². The lowest BCUT2D eigenvalue weighted by molar-refractivity contribution is -0.147. The van der Waals surface area contributed by atoms with Gasteiger partial charge in [0.1, 0.15) is 5.15 Å². The lowest BCUT2D eigenvalue weighted by Crippen LogP contribution is -2.35. The molecule has 0 radical (unpaired) electrons. The van der Waals surface area contributed by atoms with E-state index in [1.165, 1.54) is 0 Å². The number of para-hydroxylation sites is 1. The van der Waals surface area contributed by atoms with Gasteiger partial charge in [0.15, 0.2) is 0 Å². The fraction of sp³-hybridized carbons (Fsp3) is 0.357. The molecule has 2 rings (SSSR count). The van der Waals surface area contributed by atoms with Gasteiger partial charge in [0, 0.05) is 24.0 Å². The van der Waals surface area contributed by atoms with E-state index in [2.05, 4.69) is 4.98 Å². The summed E-state index contributed by atoms with van der Waals surface area (Å²) in [6.45, 7) is -1.55. The number of aromatic nitrogens is 1. The molecule has 0 aliphatic carbocycles. The fourth-order valence-electron chi connectivity index (χ4n) is 2.10. The monoisotopic (exact) mass is 318 g/mol. The van der Waals surface area contributed by atoms with Gasteiger partial charge in [-0.3, -0.25) is 4.90 Å². The average Bonchev–Trinajstić information content (AvgIpc) is 2.38. The number of rotatable bonds is 5. The summed E-state index contributed by atoms with van der Waals surface area (Å²) < 4.78 is 37.5. The third-order valence-corrected chi connectivity index (χ3v) is 3.29. The number of aliphatic hydroxyl groups excluding tert-OH is 1. The minimum absolute atomic E-state index is 0.0171. The number of fused-ring (bicyclic) bond motifs is 1. The van der Waals surface area contributed by atoms with E-state index in [0.29, 0.717) is 11.1 Å². The minimum atomic E-state index is -4.33. The molecule has 21 heavy (non-hydrogen) atoms. The van der Waals surface area contributed by atoms with E-state index >= 15 is 0 Å². The predicted octanol–water partition coefficient (Wildman–Crippen LogP) is 3.24. The van der Waals surface area contributed by atoms with E-state index in [1.807, 2.05) is 18.2 Å². The van der Waals surface area contributed by atoms with Crippen molar-refractivity contribution in [2.24, 2.45) is 0 Å². The number of benzene rings is 1. The van der Waals surface area contributed by atoms with Crippen molar-refractivity contribution in [3.63, 3.8) is 0 Å². The maximum absolute atomic E-state index is 12.5. The zero-order chi connectivity index (χ0) is 15.5. The number of halogens is 4. The second-order valence-electron chi connectivity index (χ2n) is 4.68. The predicted molar refractivity (Wildman–Crippen MR) is 75.2 cm³/mol. The summed E-state index contributed by atoms with van der Waals surface area (Å²) in [6, 6.07) is 8.97. The molecule has 114 valence electrons. The topological polar surface area (TPSA) is 36.4 Å². The SMILES string of the molecule is OCCN(Cc1cc2ccccc2nc1Cl)CC(F)(F)F. The zero-order valence-electron chi connectivity index (χ0n) is 11.1. The van der Waals surface area contributed by atoms with E-state index in [4.69, 9.17) is 16.7 Å². The lowest BCUT2D eigenvalue weighted by atomic mass is 10.1. The van der Waals surface area contributed by atoms with Crippen molar-refractivity contribution in [3.05, 3.63) is 41.0 Å². The van der Waals surface area contributed by atoms with Gasteiger partial charge in [-0.25, -0.2) is 4.98 Å². The van der Waals surface area contributed by atoms with E-state index in [9.17, 15) is 13.2 Å². The number of alkyl halides is 3. The van der Waals surface area contributed by atoms with Crippen LogP contribution >= 0.6 is 11.6 Å². The average molecular weight is 319 g/mol. The van der Waals surface area contributed by atoms with Crippen LogP contribution in [0.15, 0.2) is 30.3 Å². The molecule has 0 unspecified atom stereocenters. The first-order chi connectivity index (χ1) is 9.89. The molecular formula is C14H14ClF3N2O. The molecule has 0 aliphatic heterocycles. The first kappa shape index (κ1) is 16.0. The molecule has 3 nitrogen and oxygen atoms in total. The second-order valence-corrected chi connectivity index (χ2v) is 5.04. The Hall–Kier alpha value is -1.37. The summed E-state index contributed by atoms with van der Waals surface area (Å²) in [5.41, 5.74) is 1.20. The summed E-state index contributed by atoms with van der Waals surface area (Å²) in [7, 11) is 0. The first-order valence-corrected chi connectivity index (χ1v) is 6.71. The molecule has 0 aliphatic rings. The highest BCUT2D eigenvalue weighted by atomic mass is 35.5. The summed E-state index contributed by atoms with van der Waals surface area (Å²) in [4.78, 5) is 5.28. The van der Waals surface area contributed by atoms with E-state index < -0.39 is 12.7 Å². The largest absolute Gasteiger partial charge is 0.401 e. The Morgan fingerprint density at radius 1 is 1.24 bits per heavy atom. The highest BCUT2D eigenvalue weighted by Gasteiger charge is 2.30. The van der Waals surface area contributed by atoms with Gasteiger partial charge < -0.3 is 5.11 Å².